The largest absolute Gasteiger partial charge is 0.490 e. The molecule has 6 nitrogen and oxygen atoms in total. The van der Waals surface area contributed by atoms with Gasteiger partial charge in [0.2, 0.25) is 0 Å². The molecule has 3 aliphatic rings. The summed E-state index contributed by atoms with van der Waals surface area (Å²) in [6.45, 7) is 6.28. The Labute approximate surface area is 161 Å². The van der Waals surface area contributed by atoms with Crippen molar-refractivity contribution >= 4 is 11.7 Å². The summed E-state index contributed by atoms with van der Waals surface area (Å²) in [5.41, 5.74) is 2.08. The Hall–Kier alpha value is -1.79. The molecule has 0 bridgehead atoms. The Kier molecular flexibility index (Phi) is 5.55. The number of rotatable bonds is 4. The molecule has 27 heavy (non-hydrogen) atoms. The van der Waals surface area contributed by atoms with Crippen LogP contribution in [0.25, 0.3) is 0 Å². The van der Waals surface area contributed by atoms with Gasteiger partial charge in [-0.05, 0) is 43.5 Å². The van der Waals surface area contributed by atoms with Crippen molar-refractivity contribution in [3.8, 4) is 5.75 Å². The third-order valence-corrected chi connectivity index (χ3v) is 6.20. The zero-order chi connectivity index (χ0) is 18.7. The van der Waals surface area contributed by atoms with Crippen molar-refractivity contribution in [1.82, 2.24) is 10.2 Å². The second kappa shape index (κ2) is 8.07. The highest BCUT2D eigenvalue weighted by Gasteiger charge is 2.38. The van der Waals surface area contributed by atoms with Gasteiger partial charge in [0.15, 0.2) is 0 Å². The summed E-state index contributed by atoms with van der Waals surface area (Å²) in [6, 6.07) is 5.76. The van der Waals surface area contributed by atoms with Crippen LogP contribution in [0, 0.1) is 0 Å². The molecule has 148 valence electrons. The number of benzene rings is 1. The van der Waals surface area contributed by atoms with Crippen LogP contribution in [0.2, 0.25) is 0 Å². The first-order valence-electron chi connectivity index (χ1n) is 10.3. The number of nitrogens with one attached hydrogen (secondary N) is 2. The van der Waals surface area contributed by atoms with Gasteiger partial charge >= 0.3 is 6.03 Å². The van der Waals surface area contributed by atoms with Crippen molar-refractivity contribution in [3.63, 3.8) is 0 Å². The van der Waals surface area contributed by atoms with E-state index in [1.807, 2.05) is 18.2 Å². The van der Waals surface area contributed by atoms with Gasteiger partial charge in [0.25, 0.3) is 0 Å². The first-order chi connectivity index (χ1) is 13.1. The van der Waals surface area contributed by atoms with Gasteiger partial charge in [-0.1, -0.05) is 19.3 Å². The molecule has 4 rings (SSSR count). The van der Waals surface area contributed by atoms with Crippen molar-refractivity contribution in [2.45, 2.75) is 57.1 Å². The second-order valence-electron chi connectivity index (χ2n) is 8.15. The van der Waals surface area contributed by atoms with Crippen molar-refractivity contribution in [2.75, 3.05) is 38.2 Å². The number of hydrogen-bond acceptors (Lipinski definition) is 4. The first kappa shape index (κ1) is 18.6. The van der Waals surface area contributed by atoms with Crippen LogP contribution in [-0.2, 0) is 11.2 Å². The molecule has 1 unspecified atom stereocenters. The maximum atomic E-state index is 12.5. The van der Waals surface area contributed by atoms with E-state index in [0.29, 0.717) is 6.54 Å². The molecule has 0 spiro atoms. The van der Waals surface area contributed by atoms with Crippen molar-refractivity contribution < 1.29 is 14.3 Å². The van der Waals surface area contributed by atoms with Gasteiger partial charge in [-0.25, -0.2) is 4.79 Å². The quantitative estimate of drug-likeness (QED) is 0.851. The minimum absolute atomic E-state index is 0.0839. The Balaban J connectivity index is 1.36. The van der Waals surface area contributed by atoms with E-state index in [-0.39, 0.29) is 17.7 Å². The molecule has 2 aliphatic heterocycles. The SMILES string of the molecule is CC1Cc2cc(NC(=O)NCC3(N4CCOCC4)CCCCC3)ccc2O1. The second-order valence-corrected chi connectivity index (χ2v) is 8.15. The minimum Gasteiger partial charge on any atom is -0.490 e. The van der Waals surface area contributed by atoms with Crippen LogP contribution in [0.5, 0.6) is 5.75 Å². The highest BCUT2D eigenvalue weighted by atomic mass is 16.5. The van der Waals surface area contributed by atoms with Gasteiger partial charge in [0.1, 0.15) is 11.9 Å². The summed E-state index contributed by atoms with van der Waals surface area (Å²) in [7, 11) is 0. The third-order valence-electron chi connectivity index (χ3n) is 6.20. The third kappa shape index (κ3) is 4.22. The van der Waals surface area contributed by atoms with Crippen molar-refractivity contribution in [3.05, 3.63) is 23.8 Å². The minimum atomic E-state index is -0.125. The van der Waals surface area contributed by atoms with Crippen LogP contribution in [0.15, 0.2) is 18.2 Å². The maximum absolute atomic E-state index is 12.5. The number of hydrogen-bond donors (Lipinski definition) is 2. The fourth-order valence-electron chi connectivity index (χ4n) is 4.77. The molecular formula is C21H31N3O3. The van der Waals surface area contributed by atoms with E-state index >= 15 is 0 Å². The number of amides is 2. The zero-order valence-corrected chi connectivity index (χ0v) is 16.3. The zero-order valence-electron chi connectivity index (χ0n) is 16.3. The van der Waals surface area contributed by atoms with Gasteiger partial charge in [-0.15, -0.1) is 0 Å². The van der Waals surface area contributed by atoms with Crippen LogP contribution < -0.4 is 15.4 Å². The predicted octanol–water partition coefficient (Wildman–Crippen LogP) is 3.17. The van der Waals surface area contributed by atoms with Gasteiger partial charge in [-0.3, -0.25) is 4.90 Å². The molecule has 2 N–H and O–H groups in total. The highest BCUT2D eigenvalue weighted by Crippen LogP contribution is 2.34. The number of nitrogens with zero attached hydrogens (tertiary/aromatic N) is 1. The number of morpholine rings is 1. The summed E-state index contributed by atoms with van der Waals surface area (Å²) >= 11 is 0. The molecule has 2 fully saturated rings. The lowest BCUT2D eigenvalue weighted by molar-refractivity contribution is -0.0356. The van der Waals surface area contributed by atoms with Crippen LogP contribution in [0.3, 0.4) is 0 Å². The summed E-state index contributed by atoms with van der Waals surface area (Å²) in [6.07, 6.45) is 7.19. The van der Waals surface area contributed by atoms with E-state index in [1.165, 1.54) is 19.3 Å². The normalized spacial score (nSPS) is 24.7. The van der Waals surface area contributed by atoms with Crippen LogP contribution in [0.1, 0.15) is 44.6 Å². The van der Waals surface area contributed by atoms with E-state index in [0.717, 1.165) is 62.6 Å². The van der Waals surface area contributed by atoms with Gasteiger partial charge in [0.05, 0.1) is 13.2 Å². The molecule has 0 radical (unpaired) electrons. The fraction of sp³-hybridized carbons (Fsp3) is 0.667. The number of carbonyl (C=O) groups excluding carboxylic acids is 1. The average Bonchev–Trinajstić information content (AvgIpc) is 3.07. The lowest BCUT2D eigenvalue weighted by Crippen LogP contribution is -2.60. The summed E-state index contributed by atoms with van der Waals surface area (Å²) < 4.78 is 11.3. The highest BCUT2D eigenvalue weighted by molar-refractivity contribution is 5.89. The van der Waals surface area contributed by atoms with E-state index in [9.17, 15) is 4.79 Å². The molecule has 2 heterocycles. The molecule has 1 aliphatic carbocycles. The average molecular weight is 373 g/mol. The van der Waals surface area contributed by atoms with E-state index < -0.39 is 0 Å². The molecular weight excluding hydrogens is 342 g/mol. The summed E-state index contributed by atoms with van der Waals surface area (Å²) in [5, 5.41) is 6.15. The number of ether oxygens (including phenoxy) is 2. The number of carbonyl (C=O) groups is 1. The smallest absolute Gasteiger partial charge is 0.319 e. The van der Waals surface area contributed by atoms with E-state index in [2.05, 4.69) is 22.5 Å². The molecule has 1 aromatic rings. The summed E-state index contributed by atoms with van der Waals surface area (Å²) in [5.74, 6) is 0.932. The van der Waals surface area contributed by atoms with Crippen molar-refractivity contribution in [1.29, 1.82) is 0 Å². The van der Waals surface area contributed by atoms with Gasteiger partial charge in [0, 0.05) is 37.3 Å². The summed E-state index contributed by atoms with van der Waals surface area (Å²) in [4.78, 5) is 15.1. The standard InChI is InChI=1S/C21H31N3O3/c1-16-13-17-14-18(5-6-19(17)27-16)23-20(25)22-15-21(7-3-2-4-8-21)24-9-11-26-12-10-24/h5-6,14,16H,2-4,7-13,15H2,1H3,(H2,22,23,25). The van der Waals surface area contributed by atoms with Gasteiger partial charge < -0.3 is 20.1 Å². The maximum Gasteiger partial charge on any atom is 0.319 e. The molecule has 1 saturated heterocycles. The van der Waals surface area contributed by atoms with Crippen molar-refractivity contribution in [2.24, 2.45) is 0 Å². The van der Waals surface area contributed by atoms with E-state index in [1.54, 1.807) is 0 Å². The van der Waals surface area contributed by atoms with Crippen LogP contribution in [0.4, 0.5) is 10.5 Å². The lowest BCUT2D eigenvalue weighted by atomic mass is 9.80. The molecule has 0 aromatic heterocycles. The van der Waals surface area contributed by atoms with Crippen LogP contribution in [-0.4, -0.2) is 55.4 Å². The topological polar surface area (TPSA) is 62.8 Å². The Morgan fingerprint density at radius 3 is 2.78 bits per heavy atom. The van der Waals surface area contributed by atoms with Crippen LogP contribution >= 0.6 is 0 Å². The molecule has 1 aromatic carbocycles. The van der Waals surface area contributed by atoms with Gasteiger partial charge in [-0.2, -0.15) is 0 Å². The predicted molar refractivity (Wildman–Crippen MR) is 105 cm³/mol. The molecule has 1 saturated carbocycles. The number of urea groups is 1. The molecule has 2 amide bonds. The molecule has 6 heteroatoms. The monoisotopic (exact) mass is 373 g/mol. The number of fused-ring (bicyclic) bond motifs is 1. The number of anilines is 1. The fourth-order valence-corrected chi connectivity index (χ4v) is 4.77. The van der Waals surface area contributed by atoms with E-state index in [4.69, 9.17) is 9.47 Å². The Morgan fingerprint density at radius 1 is 1.22 bits per heavy atom. The lowest BCUT2D eigenvalue weighted by Gasteiger charge is -2.48. The first-order valence-corrected chi connectivity index (χ1v) is 10.3. The Bertz CT molecular complexity index is 667. The molecule has 1 atom stereocenters. The Morgan fingerprint density at radius 2 is 2.00 bits per heavy atom.